The molecule has 0 spiro atoms. The first kappa shape index (κ1) is 14.5. The average molecular weight is 286 g/mol. The molecule has 1 aliphatic rings. The summed E-state index contributed by atoms with van der Waals surface area (Å²) in [7, 11) is -1.71. The fraction of sp³-hybridized carbons (Fsp3) is 0.750. The van der Waals surface area contributed by atoms with Gasteiger partial charge in [-0.1, -0.05) is 6.92 Å². The molecule has 2 rings (SSSR count). The van der Waals surface area contributed by atoms with E-state index in [0.29, 0.717) is 12.5 Å². The SMILES string of the molecule is C[C@@H]1CCCN(CCNS(=O)(=O)c2cnn(C)c2)C1. The highest BCUT2D eigenvalue weighted by molar-refractivity contribution is 7.89. The van der Waals surface area contributed by atoms with Gasteiger partial charge in [0.2, 0.25) is 10.0 Å². The van der Waals surface area contributed by atoms with Gasteiger partial charge in [0, 0.05) is 32.9 Å². The van der Waals surface area contributed by atoms with Crippen LogP contribution in [0.25, 0.3) is 0 Å². The number of sulfonamides is 1. The van der Waals surface area contributed by atoms with E-state index in [2.05, 4.69) is 21.6 Å². The van der Waals surface area contributed by atoms with Gasteiger partial charge in [0.1, 0.15) is 4.90 Å². The maximum Gasteiger partial charge on any atom is 0.243 e. The molecule has 2 heterocycles. The molecule has 19 heavy (non-hydrogen) atoms. The van der Waals surface area contributed by atoms with Gasteiger partial charge in [0.25, 0.3) is 0 Å². The van der Waals surface area contributed by atoms with Gasteiger partial charge in [0.05, 0.1) is 6.20 Å². The Morgan fingerprint density at radius 3 is 2.95 bits per heavy atom. The Labute approximate surface area is 114 Å². The van der Waals surface area contributed by atoms with Crippen LogP contribution in [0.3, 0.4) is 0 Å². The second kappa shape index (κ2) is 6.02. The second-order valence-electron chi connectivity index (χ2n) is 5.30. The van der Waals surface area contributed by atoms with Gasteiger partial charge < -0.3 is 4.90 Å². The minimum atomic E-state index is -3.41. The van der Waals surface area contributed by atoms with E-state index in [-0.39, 0.29) is 4.90 Å². The Kier molecular flexibility index (Phi) is 4.59. The van der Waals surface area contributed by atoms with Crippen molar-refractivity contribution in [1.82, 2.24) is 19.4 Å². The highest BCUT2D eigenvalue weighted by atomic mass is 32.2. The Hall–Kier alpha value is -0.920. The Bertz CT molecular complexity index is 512. The number of piperidine rings is 1. The van der Waals surface area contributed by atoms with Gasteiger partial charge in [0.15, 0.2) is 0 Å². The number of hydrogen-bond donors (Lipinski definition) is 1. The van der Waals surface area contributed by atoms with Crippen LogP contribution in [0, 0.1) is 5.92 Å². The molecule has 1 N–H and O–H groups in total. The summed E-state index contributed by atoms with van der Waals surface area (Å²) in [6, 6.07) is 0. The molecular weight excluding hydrogens is 264 g/mol. The van der Waals surface area contributed by atoms with Crippen LogP contribution < -0.4 is 4.72 Å². The number of nitrogens with zero attached hydrogens (tertiary/aromatic N) is 3. The van der Waals surface area contributed by atoms with E-state index in [0.717, 1.165) is 19.6 Å². The van der Waals surface area contributed by atoms with Crippen molar-refractivity contribution in [3.63, 3.8) is 0 Å². The van der Waals surface area contributed by atoms with Crippen LogP contribution in [0.4, 0.5) is 0 Å². The predicted octanol–water partition coefficient (Wildman–Crippen LogP) is 0.430. The molecule has 6 nitrogen and oxygen atoms in total. The van der Waals surface area contributed by atoms with Crippen LogP contribution in [0.5, 0.6) is 0 Å². The van der Waals surface area contributed by atoms with Crippen LogP contribution in [-0.4, -0.2) is 49.3 Å². The van der Waals surface area contributed by atoms with Crippen LogP contribution in [0.15, 0.2) is 17.3 Å². The quantitative estimate of drug-likeness (QED) is 0.852. The van der Waals surface area contributed by atoms with Crippen LogP contribution >= 0.6 is 0 Å². The van der Waals surface area contributed by atoms with Crippen molar-refractivity contribution in [1.29, 1.82) is 0 Å². The zero-order valence-electron chi connectivity index (χ0n) is 11.5. The normalized spacial score (nSPS) is 21.7. The number of rotatable bonds is 5. The third-order valence-corrected chi connectivity index (χ3v) is 4.87. The van der Waals surface area contributed by atoms with Gasteiger partial charge in [-0.2, -0.15) is 5.10 Å². The standard InChI is InChI=1S/C12H22N4O2S/c1-11-4-3-6-16(9-11)7-5-14-19(17,18)12-8-13-15(2)10-12/h8,10-11,14H,3-7,9H2,1-2H3/t11-/m1/s1. The molecule has 0 unspecified atom stereocenters. The summed E-state index contributed by atoms with van der Waals surface area (Å²) in [4.78, 5) is 2.54. The molecule has 0 bridgehead atoms. The zero-order valence-corrected chi connectivity index (χ0v) is 12.4. The van der Waals surface area contributed by atoms with Crippen molar-refractivity contribution >= 4 is 10.0 Å². The minimum absolute atomic E-state index is 0.224. The lowest BCUT2D eigenvalue weighted by molar-refractivity contribution is 0.187. The highest BCUT2D eigenvalue weighted by Crippen LogP contribution is 2.14. The van der Waals surface area contributed by atoms with Crippen molar-refractivity contribution in [3.8, 4) is 0 Å². The number of hydrogen-bond acceptors (Lipinski definition) is 4. The molecule has 1 fully saturated rings. The van der Waals surface area contributed by atoms with E-state index in [1.165, 1.54) is 29.9 Å². The molecule has 0 saturated carbocycles. The van der Waals surface area contributed by atoms with E-state index >= 15 is 0 Å². The van der Waals surface area contributed by atoms with Crippen molar-refractivity contribution < 1.29 is 8.42 Å². The summed E-state index contributed by atoms with van der Waals surface area (Å²) < 4.78 is 28.1. The first-order valence-electron chi connectivity index (χ1n) is 6.68. The highest BCUT2D eigenvalue weighted by Gasteiger charge is 2.18. The van der Waals surface area contributed by atoms with E-state index in [1.807, 2.05) is 0 Å². The first-order valence-corrected chi connectivity index (χ1v) is 8.16. The third kappa shape index (κ3) is 4.02. The molecule has 1 aromatic heterocycles. The van der Waals surface area contributed by atoms with E-state index in [9.17, 15) is 8.42 Å². The summed E-state index contributed by atoms with van der Waals surface area (Å²) in [6.45, 7) is 5.59. The molecule has 0 radical (unpaired) electrons. The molecule has 0 amide bonds. The van der Waals surface area contributed by atoms with Gasteiger partial charge in [-0.05, 0) is 25.3 Å². The maximum atomic E-state index is 12.0. The summed E-state index contributed by atoms with van der Waals surface area (Å²) in [6.07, 6.45) is 5.35. The molecule has 1 aliphatic heterocycles. The topological polar surface area (TPSA) is 67.2 Å². The molecule has 1 atom stereocenters. The maximum absolute atomic E-state index is 12.0. The summed E-state index contributed by atoms with van der Waals surface area (Å²) in [5, 5.41) is 3.88. The Morgan fingerprint density at radius 1 is 1.53 bits per heavy atom. The first-order chi connectivity index (χ1) is 8.97. The Morgan fingerprint density at radius 2 is 2.32 bits per heavy atom. The second-order valence-corrected chi connectivity index (χ2v) is 7.06. The van der Waals surface area contributed by atoms with Gasteiger partial charge >= 0.3 is 0 Å². The number of likely N-dealkylation sites (tertiary alicyclic amines) is 1. The fourth-order valence-corrected chi connectivity index (χ4v) is 3.45. The predicted molar refractivity (Wildman–Crippen MR) is 73.2 cm³/mol. The van der Waals surface area contributed by atoms with Gasteiger partial charge in [-0.15, -0.1) is 0 Å². The number of nitrogens with one attached hydrogen (secondary N) is 1. The molecule has 1 aromatic rings. The van der Waals surface area contributed by atoms with Gasteiger partial charge in [-0.3, -0.25) is 4.68 Å². The lowest BCUT2D eigenvalue weighted by atomic mass is 10.0. The molecule has 0 aromatic carbocycles. The van der Waals surface area contributed by atoms with Gasteiger partial charge in [-0.25, -0.2) is 13.1 Å². The molecule has 7 heteroatoms. The largest absolute Gasteiger partial charge is 0.302 e. The monoisotopic (exact) mass is 286 g/mol. The molecule has 1 saturated heterocycles. The van der Waals surface area contributed by atoms with E-state index in [1.54, 1.807) is 7.05 Å². The Balaban J connectivity index is 1.82. The number of aryl methyl sites for hydroxylation is 1. The van der Waals surface area contributed by atoms with Crippen LogP contribution in [0.1, 0.15) is 19.8 Å². The number of aromatic nitrogens is 2. The van der Waals surface area contributed by atoms with E-state index < -0.39 is 10.0 Å². The minimum Gasteiger partial charge on any atom is -0.302 e. The summed E-state index contributed by atoms with van der Waals surface area (Å²) >= 11 is 0. The van der Waals surface area contributed by atoms with Crippen LogP contribution in [0.2, 0.25) is 0 Å². The smallest absolute Gasteiger partial charge is 0.243 e. The molecule has 108 valence electrons. The summed E-state index contributed by atoms with van der Waals surface area (Å²) in [5.74, 6) is 0.712. The third-order valence-electron chi connectivity index (χ3n) is 3.45. The van der Waals surface area contributed by atoms with Crippen molar-refractivity contribution in [2.75, 3.05) is 26.2 Å². The van der Waals surface area contributed by atoms with E-state index in [4.69, 9.17) is 0 Å². The summed E-state index contributed by atoms with van der Waals surface area (Å²) in [5.41, 5.74) is 0. The average Bonchev–Trinajstić information content (AvgIpc) is 2.76. The molecule has 0 aliphatic carbocycles. The van der Waals surface area contributed by atoms with Crippen molar-refractivity contribution in [2.24, 2.45) is 13.0 Å². The lowest BCUT2D eigenvalue weighted by Gasteiger charge is -2.30. The fourth-order valence-electron chi connectivity index (χ4n) is 2.45. The van der Waals surface area contributed by atoms with Crippen molar-refractivity contribution in [2.45, 2.75) is 24.7 Å². The van der Waals surface area contributed by atoms with Crippen LogP contribution in [-0.2, 0) is 17.1 Å². The lowest BCUT2D eigenvalue weighted by Crippen LogP contribution is -2.40. The molecular formula is C12H22N4O2S. The van der Waals surface area contributed by atoms with Crippen molar-refractivity contribution in [3.05, 3.63) is 12.4 Å². The zero-order chi connectivity index (χ0) is 13.9.